The molecule has 2 aromatic rings. The van der Waals surface area contributed by atoms with Crippen molar-refractivity contribution in [3.8, 4) is 0 Å². The van der Waals surface area contributed by atoms with Crippen LogP contribution in [0.4, 0.5) is 0 Å². The fourth-order valence-corrected chi connectivity index (χ4v) is 6.67. The fraction of sp³-hybridized carbons (Fsp3) is 0.448. The highest BCUT2D eigenvalue weighted by molar-refractivity contribution is 8.04. The van der Waals surface area contributed by atoms with E-state index < -0.39 is 0 Å². The van der Waals surface area contributed by atoms with Gasteiger partial charge in [0.25, 0.3) is 5.91 Å². The first kappa shape index (κ1) is 26.8. The van der Waals surface area contributed by atoms with Crippen LogP contribution >= 0.6 is 23.4 Å². The largest absolute Gasteiger partial charge is 0.353 e. The smallest absolute Gasteiger partial charge is 0.261 e. The van der Waals surface area contributed by atoms with Crippen LogP contribution in [0.2, 0.25) is 5.02 Å². The number of halogens is 1. The number of nitrogens with one attached hydrogen (secondary N) is 1. The average Bonchev–Trinajstić information content (AvgIpc) is 2.86. The molecule has 2 atom stereocenters. The maximum atomic E-state index is 13.5. The normalized spacial score (nSPS) is 21.2. The first-order valence-electron chi connectivity index (χ1n) is 12.9. The zero-order valence-corrected chi connectivity index (χ0v) is 22.7. The average molecular weight is 526 g/mol. The number of benzene rings is 2. The predicted octanol–water partition coefficient (Wildman–Crippen LogP) is 5.59. The van der Waals surface area contributed by atoms with Gasteiger partial charge in [0.2, 0.25) is 5.91 Å². The molecule has 5 nitrogen and oxygen atoms in total. The lowest BCUT2D eigenvalue weighted by molar-refractivity contribution is -0.135. The Balaban J connectivity index is 1.38. The van der Waals surface area contributed by atoms with Crippen LogP contribution in [0.1, 0.15) is 50.7 Å². The molecule has 0 bridgehead atoms. The van der Waals surface area contributed by atoms with E-state index in [1.165, 1.54) is 12.0 Å². The van der Waals surface area contributed by atoms with Crippen LogP contribution in [0.25, 0.3) is 6.08 Å². The highest BCUT2D eigenvalue weighted by atomic mass is 35.5. The molecule has 1 aliphatic carbocycles. The van der Waals surface area contributed by atoms with E-state index in [9.17, 15) is 9.59 Å². The highest BCUT2D eigenvalue weighted by Crippen LogP contribution is 2.42. The highest BCUT2D eigenvalue weighted by Gasteiger charge is 2.41. The SMILES string of the molecule is CC(C)N(CCNC(=O)CN1C(=O)/C(=C/c2cccc(Cl)c2)SC2CCCCC21)Cc1ccccc1. The summed E-state index contributed by atoms with van der Waals surface area (Å²) < 4.78 is 0. The Kier molecular flexibility index (Phi) is 9.52. The summed E-state index contributed by atoms with van der Waals surface area (Å²) >= 11 is 7.82. The van der Waals surface area contributed by atoms with Gasteiger partial charge >= 0.3 is 0 Å². The summed E-state index contributed by atoms with van der Waals surface area (Å²) in [5.41, 5.74) is 2.17. The zero-order chi connectivity index (χ0) is 25.5. The second-order valence-electron chi connectivity index (χ2n) is 9.90. The number of hydrogen-bond donors (Lipinski definition) is 1. The Morgan fingerprint density at radius 1 is 1.17 bits per heavy atom. The Labute approximate surface area is 224 Å². The van der Waals surface area contributed by atoms with Gasteiger partial charge in [-0.25, -0.2) is 0 Å². The molecule has 0 aromatic heterocycles. The topological polar surface area (TPSA) is 52.7 Å². The van der Waals surface area contributed by atoms with Crippen molar-refractivity contribution in [3.05, 3.63) is 75.7 Å². The van der Waals surface area contributed by atoms with Gasteiger partial charge in [-0.05, 0) is 56.0 Å². The standard InChI is InChI=1S/C29H36ClN3O2S/c1-21(2)32(19-22-9-4-3-5-10-22)16-15-31-28(34)20-33-25-13-6-7-14-26(25)36-27(29(33)35)18-23-11-8-12-24(30)17-23/h3-5,8-12,17-18,21,25-26H,6-7,13-16,19-20H2,1-2H3,(H,31,34)/b27-18-. The second-order valence-corrected chi connectivity index (χ2v) is 11.6. The molecule has 4 rings (SSSR count). The molecule has 1 saturated carbocycles. The van der Waals surface area contributed by atoms with E-state index in [0.29, 0.717) is 27.8 Å². The summed E-state index contributed by atoms with van der Waals surface area (Å²) in [7, 11) is 0. The van der Waals surface area contributed by atoms with Gasteiger partial charge in [0, 0.05) is 42.0 Å². The van der Waals surface area contributed by atoms with Crippen molar-refractivity contribution in [1.29, 1.82) is 0 Å². The maximum Gasteiger partial charge on any atom is 0.261 e. The third kappa shape index (κ3) is 7.15. The number of carbonyl (C=O) groups excluding carboxylic acids is 2. The van der Waals surface area contributed by atoms with E-state index >= 15 is 0 Å². The van der Waals surface area contributed by atoms with Crippen LogP contribution < -0.4 is 5.32 Å². The number of rotatable bonds is 9. The molecule has 0 radical (unpaired) electrons. The number of thioether (sulfide) groups is 1. The molecule has 1 saturated heterocycles. The second kappa shape index (κ2) is 12.8. The molecular formula is C29H36ClN3O2S. The summed E-state index contributed by atoms with van der Waals surface area (Å²) in [5, 5.41) is 4.05. The third-order valence-corrected chi connectivity index (χ3v) is 8.59. The molecule has 2 aliphatic rings. The summed E-state index contributed by atoms with van der Waals surface area (Å²) in [6.07, 6.45) is 6.21. The molecule has 192 valence electrons. The van der Waals surface area contributed by atoms with Crippen molar-refractivity contribution in [2.24, 2.45) is 0 Å². The minimum absolute atomic E-state index is 0.0499. The number of nitrogens with zero attached hydrogens (tertiary/aromatic N) is 2. The molecule has 2 fully saturated rings. The molecule has 2 amide bonds. The van der Waals surface area contributed by atoms with Crippen LogP contribution in [0.15, 0.2) is 59.5 Å². The summed E-state index contributed by atoms with van der Waals surface area (Å²) in [5.74, 6) is -0.142. The van der Waals surface area contributed by atoms with Crippen LogP contribution in [-0.4, -0.2) is 58.6 Å². The minimum atomic E-state index is -0.0925. The minimum Gasteiger partial charge on any atom is -0.353 e. The van der Waals surface area contributed by atoms with Gasteiger partial charge in [0.05, 0.1) is 4.91 Å². The lowest BCUT2D eigenvalue weighted by Crippen LogP contribution is -2.54. The number of carbonyl (C=O) groups is 2. The van der Waals surface area contributed by atoms with E-state index in [1.54, 1.807) is 11.8 Å². The van der Waals surface area contributed by atoms with Crippen molar-refractivity contribution < 1.29 is 9.59 Å². The van der Waals surface area contributed by atoms with Gasteiger partial charge in [-0.3, -0.25) is 14.5 Å². The fourth-order valence-electron chi connectivity index (χ4n) is 5.00. The molecule has 1 heterocycles. The van der Waals surface area contributed by atoms with Crippen LogP contribution in [-0.2, 0) is 16.1 Å². The molecule has 0 spiro atoms. The van der Waals surface area contributed by atoms with E-state index in [4.69, 9.17) is 11.6 Å². The number of hydrogen-bond acceptors (Lipinski definition) is 4. The van der Waals surface area contributed by atoms with E-state index in [1.807, 2.05) is 41.3 Å². The molecule has 7 heteroatoms. The Hall–Kier alpha value is -2.28. The summed E-state index contributed by atoms with van der Waals surface area (Å²) in [4.78, 5) is 31.3. The van der Waals surface area contributed by atoms with Gasteiger partial charge in [-0.15, -0.1) is 11.8 Å². The molecule has 1 aliphatic heterocycles. The Morgan fingerprint density at radius 2 is 1.94 bits per heavy atom. The first-order valence-corrected chi connectivity index (χ1v) is 14.2. The van der Waals surface area contributed by atoms with Crippen molar-refractivity contribution in [1.82, 2.24) is 15.1 Å². The summed E-state index contributed by atoms with van der Waals surface area (Å²) in [6, 6.07) is 18.4. The molecule has 1 N–H and O–H groups in total. The van der Waals surface area contributed by atoms with Crippen molar-refractivity contribution in [3.63, 3.8) is 0 Å². The van der Waals surface area contributed by atoms with E-state index in [-0.39, 0.29) is 24.4 Å². The van der Waals surface area contributed by atoms with Crippen molar-refractivity contribution >= 4 is 41.3 Å². The molecule has 2 unspecified atom stereocenters. The van der Waals surface area contributed by atoms with E-state index in [0.717, 1.165) is 37.9 Å². The van der Waals surface area contributed by atoms with Crippen LogP contribution in [0.3, 0.4) is 0 Å². The maximum absolute atomic E-state index is 13.5. The lowest BCUT2D eigenvalue weighted by atomic mass is 9.93. The van der Waals surface area contributed by atoms with Crippen LogP contribution in [0, 0.1) is 0 Å². The predicted molar refractivity (Wildman–Crippen MR) is 150 cm³/mol. The monoisotopic (exact) mass is 525 g/mol. The lowest BCUT2D eigenvalue weighted by Gasteiger charge is -2.43. The zero-order valence-electron chi connectivity index (χ0n) is 21.2. The quantitative estimate of drug-likeness (QED) is 0.433. The number of fused-ring (bicyclic) bond motifs is 1. The number of amides is 2. The van der Waals surface area contributed by atoms with Gasteiger partial charge < -0.3 is 10.2 Å². The van der Waals surface area contributed by atoms with Crippen LogP contribution in [0.5, 0.6) is 0 Å². The Morgan fingerprint density at radius 3 is 2.69 bits per heavy atom. The van der Waals surface area contributed by atoms with Gasteiger partial charge in [0.1, 0.15) is 6.54 Å². The van der Waals surface area contributed by atoms with Gasteiger partial charge in [-0.1, -0.05) is 66.9 Å². The third-order valence-electron chi connectivity index (χ3n) is 6.96. The van der Waals surface area contributed by atoms with Crippen molar-refractivity contribution in [2.75, 3.05) is 19.6 Å². The summed E-state index contributed by atoms with van der Waals surface area (Å²) in [6.45, 7) is 6.61. The van der Waals surface area contributed by atoms with Crippen molar-refractivity contribution in [2.45, 2.75) is 63.4 Å². The van der Waals surface area contributed by atoms with Gasteiger partial charge in [-0.2, -0.15) is 0 Å². The van der Waals surface area contributed by atoms with E-state index in [2.05, 4.69) is 48.3 Å². The Bertz CT molecular complexity index is 1080. The first-order chi connectivity index (χ1) is 17.4. The molecule has 2 aromatic carbocycles. The van der Waals surface area contributed by atoms with Gasteiger partial charge in [0.15, 0.2) is 0 Å². The molecular weight excluding hydrogens is 490 g/mol. The molecule has 36 heavy (non-hydrogen) atoms.